The average molecular weight is 292 g/mol. The summed E-state index contributed by atoms with van der Waals surface area (Å²) in [6, 6.07) is 8.48. The molecule has 0 saturated carbocycles. The van der Waals surface area contributed by atoms with Crippen molar-refractivity contribution in [2.24, 2.45) is 0 Å². The van der Waals surface area contributed by atoms with Crippen LogP contribution in [0.25, 0.3) is 11.1 Å². The van der Waals surface area contributed by atoms with Gasteiger partial charge in [-0.1, -0.05) is 43.8 Å². The predicted molar refractivity (Wildman–Crippen MR) is 84.7 cm³/mol. The van der Waals surface area contributed by atoms with Crippen LogP contribution in [-0.4, -0.2) is 26.8 Å². The Bertz CT molecular complexity index is 419. The molecule has 4 heteroatoms. The summed E-state index contributed by atoms with van der Waals surface area (Å²) in [4.78, 5) is 10.3. The second kappa shape index (κ2) is 11.6. The Morgan fingerprint density at radius 1 is 1.14 bits per heavy atom. The third-order valence-corrected chi connectivity index (χ3v) is 2.51. The minimum absolute atomic E-state index is 0.176. The van der Waals surface area contributed by atoms with Gasteiger partial charge in [-0.15, -0.1) is 0 Å². The highest BCUT2D eigenvalue weighted by atomic mass is 16.7. The van der Waals surface area contributed by atoms with Crippen molar-refractivity contribution in [2.75, 3.05) is 20.8 Å². The molecule has 0 N–H and O–H groups in total. The lowest BCUT2D eigenvalue weighted by Crippen LogP contribution is -2.00. The molecule has 0 aromatic carbocycles. The van der Waals surface area contributed by atoms with E-state index in [1.165, 1.54) is 11.1 Å². The number of fused-ring (bicyclic) bond motifs is 1. The second-order valence-corrected chi connectivity index (χ2v) is 3.92. The van der Waals surface area contributed by atoms with E-state index in [1.807, 2.05) is 6.92 Å². The van der Waals surface area contributed by atoms with Crippen LogP contribution < -0.4 is 0 Å². The molecule has 4 nitrogen and oxygen atoms in total. The molecule has 2 aliphatic carbocycles. The van der Waals surface area contributed by atoms with Gasteiger partial charge in [0.25, 0.3) is 5.95 Å². The monoisotopic (exact) mass is 292 g/mol. The van der Waals surface area contributed by atoms with Crippen LogP contribution in [0.2, 0.25) is 0 Å². The lowest BCUT2D eigenvalue weighted by atomic mass is 9.95. The first-order valence-electron chi connectivity index (χ1n) is 6.74. The molecule has 0 amide bonds. The first-order valence-corrected chi connectivity index (χ1v) is 6.74. The van der Waals surface area contributed by atoms with Crippen LogP contribution in [0.5, 0.6) is 0 Å². The lowest BCUT2D eigenvalue weighted by Gasteiger charge is -2.10. The summed E-state index contributed by atoms with van der Waals surface area (Å²) in [5.41, 5.74) is 2.85. The molecular weight excluding hydrogens is 268 g/mol. The number of hydrogen-bond donors (Lipinski definition) is 0. The SMILES string of the molecule is C=CCOC(=O)CC.CC=C(OC)OC.c1cc2ccc1-2. The van der Waals surface area contributed by atoms with Gasteiger partial charge in [-0.2, -0.15) is 0 Å². The molecule has 2 aliphatic rings. The van der Waals surface area contributed by atoms with E-state index in [1.54, 1.807) is 33.3 Å². The molecule has 116 valence electrons. The Morgan fingerprint density at radius 2 is 1.62 bits per heavy atom. The average Bonchev–Trinajstić information content (AvgIpc) is 2.51. The van der Waals surface area contributed by atoms with Crippen molar-refractivity contribution in [1.82, 2.24) is 0 Å². The fourth-order valence-corrected chi connectivity index (χ4v) is 1.24. The summed E-state index contributed by atoms with van der Waals surface area (Å²) in [5.74, 6) is 0.380. The van der Waals surface area contributed by atoms with Gasteiger partial charge in [0.2, 0.25) is 0 Å². The molecule has 0 atom stereocenters. The van der Waals surface area contributed by atoms with E-state index in [9.17, 15) is 4.79 Å². The summed E-state index contributed by atoms with van der Waals surface area (Å²) in [6.07, 6.45) is 3.74. The maximum absolute atomic E-state index is 10.3. The van der Waals surface area contributed by atoms with E-state index in [2.05, 4.69) is 45.1 Å². The van der Waals surface area contributed by atoms with E-state index in [-0.39, 0.29) is 5.97 Å². The van der Waals surface area contributed by atoms with Crippen LogP contribution >= 0.6 is 0 Å². The number of rotatable bonds is 5. The van der Waals surface area contributed by atoms with E-state index < -0.39 is 0 Å². The molecule has 0 spiro atoms. The van der Waals surface area contributed by atoms with Crippen LogP contribution in [0.3, 0.4) is 0 Å². The molecule has 0 bridgehead atoms. The minimum atomic E-state index is -0.176. The Morgan fingerprint density at radius 3 is 1.76 bits per heavy atom. The normalized spacial score (nSPS) is 8.76. The number of hydrogen-bond acceptors (Lipinski definition) is 4. The lowest BCUT2D eigenvalue weighted by molar-refractivity contribution is -0.141. The highest BCUT2D eigenvalue weighted by Gasteiger charge is 2.03. The third kappa shape index (κ3) is 7.82. The van der Waals surface area contributed by atoms with Crippen molar-refractivity contribution in [3.05, 3.63) is 48.9 Å². The van der Waals surface area contributed by atoms with Crippen molar-refractivity contribution in [2.45, 2.75) is 20.3 Å². The van der Waals surface area contributed by atoms with Gasteiger partial charge in [0.15, 0.2) is 0 Å². The van der Waals surface area contributed by atoms with Gasteiger partial charge in [0, 0.05) is 6.42 Å². The summed E-state index contributed by atoms with van der Waals surface area (Å²) in [5, 5.41) is 0. The van der Waals surface area contributed by atoms with Gasteiger partial charge in [-0.3, -0.25) is 4.79 Å². The predicted octanol–water partition coefficient (Wildman–Crippen LogP) is 3.93. The number of ether oxygens (including phenoxy) is 3. The Balaban J connectivity index is 0.000000287. The second-order valence-electron chi connectivity index (χ2n) is 3.92. The van der Waals surface area contributed by atoms with E-state index in [0.717, 1.165) is 0 Å². The van der Waals surface area contributed by atoms with Crippen molar-refractivity contribution in [3.63, 3.8) is 0 Å². The minimum Gasteiger partial charge on any atom is -0.469 e. The molecule has 0 aliphatic heterocycles. The fourth-order valence-electron chi connectivity index (χ4n) is 1.24. The topological polar surface area (TPSA) is 44.8 Å². The summed E-state index contributed by atoms with van der Waals surface area (Å²) < 4.78 is 14.0. The number of allylic oxidation sites excluding steroid dienone is 1. The zero-order valence-electron chi connectivity index (χ0n) is 13.2. The Hall–Kier alpha value is -2.23. The van der Waals surface area contributed by atoms with Crippen LogP contribution in [0.1, 0.15) is 20.3 Å². The smallest absolute Gasteiger partial charge is 0.305 e. The molecule has 2 rings (SSSR count). The summed E-state index contributed by atoms with van der Waals surface area (Å²) in [7, 11) is 3.14. The maximum atomic E-state index is 10.3. The molecule has 0 heterocycles. The summed E-state index contributed by atoms with van der Waals surface area (Å²) in [6.45, 7) is 7.32. The van der Waals surface area contributed by atoms with Crippen LogP contribution in [0.15, 0.2) is 48.9 Å². The van der Waals surface area contributed by atoms with Gasteiger partial charge in [0.05, 0.1) is 14.2 Å². The van der Waals surface area contributed by atoms with Crippen LogP contribution in [0.4, 0.5) is 0 Å². The molecule has 0 unspecified atom stereocenters. The number of esters is 1. The summed E-state index contributed by atoms with van der Waals surface area (Å²) >= 11 is 0. The molecule has 21 heavy (non-hydrogen) atoms. The van der Waals surface area contributed by atoms with E-state index >= 15 is 0 Å². The number of methoxy groups -OCH3 is 2. The Labute approximate surface area is 127 Å². The van der Waals surface area contributed by atoms with E-state index in [0.29, 0.717) is 19.0 Å². The van der Waals surface area contributed by atoms with Gasteiger partial charge in [-0.05, 0) is 24.1 Å². The van der Waals surface area contributed by atoms with Gasteiger partial charge >= 0.3 is 5.97 Å². The van der Waals surface area contributed by atoms with Gasteiger partial charge < -0.3 is 14.2 Å². The first-order chi connectivity index (χ1) is 10.1. The van der Waals surface area contributed by atoms with E-state index in [4.69, 9.17) is 0 Å². The first kappa shape index (κ1) is 18.8. The fraction of sp³-hybridized carbons (Fsp3) is 0.353. The quantitative estimate of drug-likeness (QED) is 0.476. The van der Waals surface area contributed by atoms with Crippen molar-refractivity contribution < 1.29 is 19.0 Å². The van der Waals surface area contributed by atoms with Crippen molar-refractivity contribution in [3.8, 4) is 11.1 Å². The van der Waals surface area contributed by atoms with Gasteiger partial charge in [0.1, 0.15) is 6.61 Å². The van der Waals surface area contributed by atoms with Crippen molar-refractivity contribution in [1.29, 1.82) is 0 Å². The molecule has 0 radical (unpaired) electrons. The zero-order valence-corrected chi connectivity index (χ0v) is 13.2. The standard InChI is InChI=1S/C6H10O2.C6H4.C5H10O2/c1-3-5-8-6(7)4-2;1-2-6-4-3-5(1)6;1-4-5(6-2)7-3/h3H,1,4-5H2,2H3;1-4H;4H,1-3H3. The number of carbonyl (C=O) groups is 1. The third-order valence-electron chi connectivity index (χ3n) is 2.51. The highest BCUT2D eigenvalue weighted by molar-refractivity contribution is 5.75. The molecule has 0 aromatic rings. The van der Waals surface area contributed by atoms with Crippen LogP contribution in [-0.2, 0) is 19.0 Å². The van der Waals surface area contributed by atoms with Crippen molar-refractivity contribution >= 4 is 5.97 Å². The largest absolute Gasteiger partial charge is 0.469 e. The molecule has 0 saturated heterocycles. The highest BCUT2D eigenvalue weighted by Crippen LogP contribution is 2.29. The zero-order chi connectivity index (χ0) is 16.1. The van der Waals surface area contributed by atoms with Gasteiger partial charge in [-0.25, -0.2) is 0 Å². The molecule has 0 aromatic heterocycles. The molecule has 0 fully saturated rings. The maximum Gasteiger partial charge on any atom is 0.305 e. The molecular formula is C17H24O4. The number of benzene rings is 1. The van der Waals surface area contributed by atoms with Crippen LogP contribution in [0, 0.1) is 0 Å². The number of carbonyl (C=O) groups excluding carboxylic acids is 1. The Kier molecular flexibility index (Phi) is 10.4.